The third kappa shape index (κ3) is 3.15. The molecule has 2 rings (SSSR count). The highest BCUT2D eigenvalue weighted by Crippen LogP contribution is 2.27. The minimum Gasteiger partial charge on any atom is -0.504 e. The summed E-state index contributed by atoms with van der Waals surface area (Å²) in [6.07, 6.45) is 2.25. The van der Waals surface area contributed by atoms with E-state index >= 15 is 0 Å². The van der Waals surface area contributed by atoms with E-state index in [2.05, 4.69) is 12.2 Å². The Kier molecular flexibility index (Phi) is 4.09. The number of hydrogen-bond acceptors (Lipinski definition) is 4. The largest absolute Gasteiger partial charge is 0.504 e. The fourth-order valence-corrected chi connectivity index (χ4v) is 2.29. The Morgan fingerprint density at radius 2 is 2.33 bits per heavy atom. The van der Waals surface area contributed by atoms with Gasteiger partial charge in [-0.05, 0) is 37.5 Å². The average molecular weight is 251 g/mol. The third-order valence-corrected chi connectivity index (χ3v) is 3.37. The molecule has 1 aliphatic rings. The molecule has 1 aliphatic heterocycles. The van der Waals surface area contributed by atoms with Crippen molar-refractivity contribution in [2.75, 3.05) is 20.3 Å². The van der Waals surface area contributed by atoms with Crippen LogP contribution in [0.25, 0.3) is 0 Å². The molecule has 0 aliphatic carbocycles. The van der Waals surface area contributed by atoms with Gasteiger partial charge >= 0.3 is 0 Å². The van der Waals surface area contributed by atoms with Crippen LogP contribution >= 0.6 is 0 Å². The molecule has 1 aromatic rings. The van der Waals surface area contributed by atoms with Crippen LogP contribution in [-0.2, 0) is 11.3 Å². The second-order valence-corrected chi connectivity index (χ2v) is 5.01. The summed E-state index contributed by atoms with van der Waals surface area (Å²) in [5.74, 6) is 0.685. The number of nitrogens with one attached hydrogen (secondary N) is 1. The first kappa shape index (κ1) is 13.2. The van der Waals surface area contributed by atoms with Crippen LogP contribution in [0.3, 0.4) is 0 Å². The highest BCUT2D eigenvalue weighted by Gasteiger charge is 2.28. The number of hydrogen-bond donors (Lipinski definition) is 2. The zero-order chi connectivity index (χ0) is 13.0. The van der Waals surface area contributed by atoms with Gasteiger partial charge in [0.15, 0.2) is 11.5 Å². The van der Waals surface area contributed by atoms with Gasteiger partial charge in [0.05, 0.1) is 12.7 Å². The highest BCUT2D eigenvalue weighted by molar-refractivity contribution is 5.41. The predicted molar refractivity (Wildman–Crippen MR) is 70.0 cm³/mol. The van der Waals surface area contributed by atoms with Gasteiger partial charge in [-0.3, -0.25) is 0 Å². The summed E-state index contributed by atoms with van der Waals surface area (Å²) in [4.78, 5) is 0. The maximum absolute atomic E-state index is 9.68. The molecule has 4 heteroatoms. The van der Waals surface area contributed by atoms with E-state index in [0.717, 1.165) is 38.1 Å². The van der Waals surface area contributed by atoms with Crippen LogP contribution in [0, 0.1) is 0 Å². The number of rotatable bonds is 5. The standard InChI is InChI=1S/C14H21NO3/c1-14(6-3-7-18-14)10-15-9-11-4-5-13(17-2)12(16)8-11/h4-5,8,15-16H,3,6-7,9-10H2,1-2H3. The lowest BCUT2D eigenvalue weighted by molar-refractivity contribution is 0.0207. The molecule has 1 unspecified atom stereocenters. The Bertz CT molecular complexity index is 400. The van der Waals surface area contributed by atoms with Gasteiger partial charge < -0.3 is 19.9 Å². The maximum atomic E-state index is 9.68. The Morgan fingerprint density at radius 3 is 2.94 bits per heavy atom. The minimum absolute atomic E-state index is 0.0332. The van der Waals surface area contributed by atoms with E-state index in [9.17, 15) is 5.11 Å². The van der Waals surface area contributed by atoms with Crippen LogP contribution in [0.4, 0.5) is 0 Å². The number of benzene rings is 1. The Hall–Kier alpha value is -1.26. The maximum Gasteiger partial charge on any atom is 0.160 e. The second-order valence-electron chi connectivity index (χ2n) is 5.01. The van der Waals surface area contributed by atoms with Crippen molar-refractivity contribution in [2.24, 2.45) is 0 Å². The molecule has 1 heterocycles. The molecule has 1 fully saturated rings. The minimum atomic E-state index is -0.0332. The van der Waals surface area contributed by atoms with Crippen LogP contribution in [-0.4, -0.2) is 31.0 Å². The molecule has 0 bridgehead atoms. The van der Waals surface area contributed by atoms with E-state index in [-0.39, 0.29) is 11.4 Å². The van der Waals surface area contributed by atoms with E-state index in [0.29, 0.717) is 5.75 Å². The first-order chi connectivity index (χ1) is 8.63. The number of ether oxygens (including phenoxy) is 2. The fourth-order valence-electron chi connectivity index (χ4n) is 2.29. The number of aromatic hydroxyl groups is 1. The fraction of sp³-hybridized carbons (Fsp3) is 0.571. The number of methoxy groups -OCH3 is 1. The molecule has 2 N–H and O–H groups in total. The van der Waals surface area contributed by atoms with Crippen molar-refractivity contribution in [3.8, 4) is 11.5 Å². The van der Waals surface area contributed by atoms with Crippen LogP contribution in [0.1, 0.15) is 25.3 Å². The van der Waals surface area contributed by atoms with E-state index in [4.69, 9.17) is 9.47 Å². The van der Waals surface area contributed by atoms with Crippen LogP contribution in [0.5, 0.6) is 11.5 Å². The molecule has 1 atom stereocenters. The van der Waals surface area contributed by atoms with E-state index < -0.39 is 0 Å². The lowest BCUT2D eigenvalue weighted by Crippen LogP contribution is -2.36. The Morgan fingerprint density at radius 1 is 1.50 bits per heavy atom. The predicted octanol–water partition coefficient (Wildman–Crippen LogP) is 2.06. The molecule has 100 valence electrons. The van der Waals surface area contributed by atoms with Crippen molar-refractivity contribution < 1.29 is 14.6 Å². The molecule has 1 aromatic carbocycles. The highest BCUT2D eigenvalue weighted by atomic mass is 16.5. The van der Waals surface area contributed by atoms with Crippen molar-refractivity contribution in [3.05, 3.63) is 23.8 Å². The zero-order valence-corrected chi connectivity index (χ0v) is 11.0. The summed E-state index contributed by atoms with van der Waals surface area (Å²) in [5, 5.41) is 13.0. The van der Waals surface area contributed by atoms with Crippen LogP contribution < -0.4 is 10.1 Å². The lowest BCUT2D eigenvalue weighted by Gasteiger charge is -2.23. The first-order valence-electron chi connectivity index (χ1n) is 6.33. The lowest BCUT2D eigenvalue weighted by atomic mass is 10.0. The van der Waals surface area contributed by atoms with E-state index in [1.54, 1.807) is 19.2 Å². The van der Waals surface area contributed by atoms with E-state index in [1.807, 2.05) is 6.07 Å². The van der Waals surface area contributed by atoms with Crippen LogP contribution in [0.15, 0.2) is 18.2 Å². The van der Waals surface area contributed by atoms with E-state index in [1.165, 1.54) is 0 Å². The summed E-state index contributed by atoms with van der Waals surface area (Å²) >= 11 is 0. The summed E-state index contributed by atoms with van der Waals surface area (Å²) in [5.41, 5.74) is 1.00. The topological polar surface area (TPSA) is 50.7 Å². The van der Waals surface area contributed by atoms with Crippen molar-refractivity contribution in [1.82, 2.24) is 5.32 Å². The van der Waals surface area contributed by atoms with Gasteiger partial charge in [-0.25, -0.2) is 0 Å². The van der Waals surface area contributed by atoms with Gasteiger partial charge in [-0.1, -0.05) is 6.07 Å². The average Bonchev–Trinajstić information content (AvgIpc) is 2.77. The Balaban J connectivity index is 1.85. The second kappa shape index (κ2) is 5.59. The molecule has 18 heavy (non-hydrogen) atoms. The van der Waals surface area contributed by atoms with Crippen molar-refractivity contribution in [3.63, 3.8) is 0 Å². The van der Waals surface area contributed by atoms with Gasteiger partial charge in [-0.15, -0.1) is 0 Å². The SMILES string of the molecule is COc1ccc(CNCC2(C)CCCO2)cc1O. The zero-order valence-electron chi connectivity index (χ0n) is 11.0. The van der Waals surface area contributed by atoms with Gasteiger partial charge in [0.25, 0.3) is 0 Å². The molecule has 0 spiro atoms. The number of phenols is 1. The van der Waals surface area contributed by atoms with Gasteiger partial charge in [0, 0.05) is 19.7 Å². The Labute approximate surface area is 108 Å². The molecule has 0 saturated carbocycles. The van der Waals surface area contributed by atoms with Crippen molar-refractivity contribution >= 4 is 0 Å². The van der Waals surface area contributed by atoms with Crippen LogP contribution in [0.2, 0.25) is 0 Å². The summed E-state index contributed by atoms with van der Waals surface area (Å²) in [6, 6.07) is 5.45. The van der Waals surface area contributed by atoms with Gasteiger partial charge in [-0.2, -0.15) is 0 Å². The summed E-state index contributed by atoms with van der Waals surface area (Å²) in [7, 11) is 1.55. The van der Waals surface area contributed by atoms with Gasteiger partial charge in [0.2, 0.25) is 0 Å². The molecule has 4 nitrogen and oxygen atoms in total. The normalized spacial score (nSPS) is 23.2. The van der Waals surface area contributed by atoms with Gasteiger partial charge in [0.1, 0.15) is 0 Å². The third-order valence-electron chi connectivity index (χ3n) is 3.37. The molecule has 1 saturated heterocycles. The smallest absolute Gasteiger partial charge is 0.160 e. The quantitative estimate of drug-likeness (QED) is 0.841. The monoisotopic (exact) mass is 251 g/mol. The van der Waals surface area contributed by atoms with Crippen molar-refractivity contribution in [2.45, 2.75) is 31.9 Å². The molecular weight excluding hydrogens is 230 g/mol. The molecule has 0 aromatic heterocycles. The first-order valence-corrected chi connectivity index (χ1v) is 6.33. The molecule has 0 radical (unpaired) electrons. The summed E-state index contributed by atoms with van der Waals surface area (Å²) < 4.78 is 10.7. The van der Waals surface area contributed by atoms with Crippen molar-refractivity contribution in [1.29, 1.82) is 0 Å². The summed E-state index contributed by atoms with van der Waals surface area (Å²) in [6.45, 7) is 4.55. The number of phenolic OH excluding ortho intramolecular Hbond substituents is 1. The molecular formula is C14H21NO3. The molecule has 0 amide bonds.